The third-order valence-electron chi connectivity index (χ3n) is 8.17. The fourth-order valence-corrected chi connectivity index (χ4v) is 6.62. The van der Waals surface area contributed by atoms with E-state index in [1.807, 2.05) is 6.92 Å². The zero-order valence-electron chi connectivity index (χ0n) is 16.5. The van der Waals surface area contributed by atoms with Crippen molar-refractivity contribution in [3.8, 4) is 0 Å². The topological polar surface area (TPSA) is 43.4 Å². The largest absolute Gasteiger partial charge is 0.490 e. The van der Waals surface area contributed by atoms with Gasteiger partial charge in [0.1, 0.15) is 0 Å². The molecule has 0 N–H and O–H groups in total. The fourth-order valence-electron chi connectivity index (χ4n) is 6.62. The van der Waals surface area contributed by atoms with Gasteiger partial charge >= 0.3 is 0 Å². The van der Waals surface area contributed by atoms with E-state index in [0.29, 0.717) is 24.9 Å². The maximum Gasteiger partial charge on any atom is 0.224 e. The Morgan fingerprint density at radius 1 is 1.27 bits per heavy atom. The number of hydrogen-bond acceptors (Lipinski definition) is 3. The highest BCUT2D eigenvalue weighted by molar-refractivity contribution is 6.22. The summed E-state index contributed by atoms with van der Waals surface area (Å²) in [5, 5.41) is 0. The molecule has 0 heterocycles. The number of fused-ring (bicyclic) bond motifs is 1. The fraction of sp³-hybridized carbons (Fsp3) is 0.652. The number of rotatable bonds is 2. The predicted molar refractivity (Wildman–Crippen MR) is 101 cm³/mol. The van der Waals surface area contributed by atoms with Gasteiger partial charge < -0.3 is 4.74 Å². The van der Waals surface area contributed by atoms with E-state index in [-0.39, 0.29) is 34.1 Å². The second-order valence-electron chi connectivity index (χ2n) is 9.29. The van der Waals surface area contributed by atoms with Crippen LogP contribution in [0, 0.1) is 28.6 Å². The van der Waals surface area contributed by atoms with Crippen LogP contribution >= 0.6 is 0 Å². The van der Waals surface area contributed by atoms with E-state index in [1.54, 1.807) is 0 Å². The van der Waals surface area contributed by atoms with Crippen LogP contribution in [0.2, 0.25) is 0 Å². The first kappa shape index (κ1) is 17.8. The molecule has 0 aromatic carbocycles. The third kappa shape index (κ3) is 2.12. The molecule has 4 rings (SSSR count). The van der Waals surface area contributed by atoms with E-state index in [0.717, 1.165) is 36.8 Å². The van der Waals surface area contributed by atoms with Crippen LogP contribution < -0.4 is 0 Å². The normalized spacial score (nSPS) is 42.2. The van der Waals surface area contributed by atoms with Gasteiger partial charge in [-0.25, -0.2) is 0 Å². The number of carbonyl (C=O) groups is 2. The summed E-state index contributed by atoms with van der Waals surface area (Å²) in [6, 6.07) is 0. The highest BCUT2D eigenvalue weighted by atomic mass is 16.5. The molecule has 0 aromatic heterocycles. The number of ketones is 2. The van der Waals surface area contributed by atoms with Gasteiger partial charge in [0.25, 0.3) is 0 Å². The van der Waals surface area contributed by atoms with Crippen molar-refractivity contribution in [2.45, 2.75) is 59.8 Å². The first-order valence-corrected chi connectivity index (χ1v) is 10.1. The molecule has 3 nitrogen and oxygen atoms in total. The van der Waals surface area contributed by atoms with E-state index in [2.05, 4.69) is 27.4 Å². The molecule has 26 heavy (non-hydrogen) atoms. The summed E-state index contributed by atoms with van der Waals surface area (Å²) in [7, 11) is 0. The summed E-state index contributed by atoms with van der Waals surface area (Å²) in [6.45, 7) is 13.7. The van der Waals surface area contributed by atoms with Crippen LogP contribution in [0.3, 0.4) is 0 Å². The van der Waals surface area contributed by atoms with Crippen molar-refractivity contribution in [1.82, 2.24) is 0 Å². The summed E-state index contributed by atoms with van der Waals surface area (Å²) in [6.07, 6.45) is 6.35. The Labute approximate surface area is 156 Å². The molecule has 0 bridgehead atoms. The van der Waals surface area contributed by atoms with Gasteiger partial charge in [0.05, 0.1) is 6.61 Å². The van der Waals surface area contributed by atoms with Crippen LogP contribution in [0.4, 0.5) is 0 Å². The van der Waals surface area contributed by atoms with Crippen molar-refractivity contribution >= 4 is 11.6 Å². The lowest BCUT2D eigenvalue weighted by Gasteiger charge is -2.63. The van der Waals surface area contributed by atoms with E-state index in [1.165, 1.54) is 11.6 Å². The lowest BCUT2D eigenvalue weighted by molar-refractivity contribution is -0.125. The smallest absolute Gasteiger partial charge is 0.224 e. The molecule has 5 atom stereocenters. The quantitative estimate of drug-likeness (QED) is 0.529. The second kappa shape index (κ2) is 5.68. The molecule has 0 amide bonds. The van der Waals surface area contributed by atoms with E-state index < -0.39 is 0 Å². The van der Waals surface area contributed by atoms with Crippen LogP contribution in [-0.2, 0) is 14.3 Å². The summed E-state index contributed by atoms with van der Waals surface area (Å²) in [5.74, 6) is 1.31. The zero-order valence-corrected chi connectivity index (χ0v) is 16.5. The lowest BCUT2D eigenvalue weighted by Crippen LogP contribution is -2.57. The minimum atomic E-state index is -0.0509. The van der Waals surface area contributed by atoms with Crippen molar-refractivity contribution in [2.24, 2.45) is 28.6 Å². The molecule has 0 aliphatic heterocycles. The van der Waals surface area contributed by atoms with Crippen molar-refractivity contribution in [1.29, 1.82) is 0 Å². The Balaban J connectivity index is 1.87. The lowest BCUT2D eigenvalue weighted by atomic mass is 9.40. The Bertz CT molecular complexity index is 770. The van der Waals surface area contributed by atoms with Crippen LogP contribution in [0.25, 0.3) is 0 Å². The van der Waals surface area contributed by atoms with Crippen molar-refractivity contribution in [3.63, 3.8) is 0 Å². The van der Waals surface area contributed by atoms with Gasteiger partial charge in [0.15, 0.2) is 11.5 Å². The molecule has 0 radical (unpaired) electrons. The molecule has 2 fully saturated rings. The van der Waals surface area contributed by atoms with E-state index in [4.69, 9.17) is 4.74 Å². The van der Waals surface area contributed by atoms with Gasteiger partial charge in [0, 0.05) is 17.2 Å². The van der Waals surface area contributed by atoms with Gasteiger partial charge in [-0.05, 0) is 67.6 Å². The standard InChI is InChI=1S/C23H30O3/c1-6-26-18-11-17(24)19-15-8-7-13(2)22(4)10-9-14(3)23(5,21(15)22)12-16(19)20(18)25/h11,14-15,21H,2,6-10,12H2,1,3-5H3/t14-,15+,21-,22+,23+/m0/s1. The molecule has 2 saturated carbocycles. The van der Waals surface area contributed by atoms with Crippen LogP contribution in [0.15, 0.2) is 35.1 Å². The summed E-state index contributed by atoms with van der Waals surface area (Å²) >= 11 is 0. The maximum absolute atomic E-state index is 13.1. The van der Waals surface area contributed by atoms with Gasteiger partial charge in [-0.1, -0.05) is 32.9 Å². The average molecular weight is 354 g/mol. The number of Topliss-reactive ketones (excluding diaryl/α,β-unsaturated/α-hetero) is 1. The molecule has 0 aromatic rings. The summed E-state index contributed by atoms with van der Waals surface area (Å²) < 4.78 is 5.49. The van der Waals surface area contributed by atoms with E-state index in [9.17, 15) is 9.59 Å². The predicted octanol–water partition coefficient (Wildman–Crippen LogP) is 4.78. The molecular formula is C23H30O3. The SMILES string of the molecule is C=C1CC[C@@H]2C3=C(C[C@@]4(C)[C@@H]2[C@]1(C)CC[C@@H]4C)C(=O)C(OCC)=CC3=O. The molecular weight excluding hydrogens is 324 g/mol. The highest BCUT2D eigenvalue weighted by Crippen LogP contribution is 2.68. The minimum absolute atomic E-state index is 0.00295. The molecule has 0 spiro atoms. The minimum Gasteiger partial charge on any atom is -0.490 e. The van der Waals surface area contributed by atoms with E-state index >= 15 is 0 Å². The van der Waals surface area contributed by atoms with Gasteiger partial charge in [0.2, 0.25) is 5.78 Å². The van der Waals surface area contributed by atoms with Gasteiger partial charge in [-0.3, -0.25) is 9.59 Å². The Kier molecular flexibility index (Phi) is 3.88. The number of hydrogen-bond donors (Lipinski definition) is 0. The number of carbonyl (C=O) groups excluding carboxylic acids is 2. The number of allylic oxidation sites excluding steroid dienone is 4. The third-order valence-corrected chi connectivity index (χ3v) is 8.17. The molecule has 0 unspecified atom stereocenters. The second-order valence-corrected chi connectivity index (χ2v) is 9.29. The molecule has 3 heteroatoms. The molecule has 140 valence electrons. The monoisotopic (exact) mass is 354 g/mol. The zero-order chi connectivity index (χ0) is 18.9. The van der Waals surface area contributed by atoms with Crippen LogP contribution in [0.1, 0.15) is 59.8 Å². The highest BCUT2D eigenvalue weighted by Gasteiger charge is 2.61. The Hall–Kier alpha value is -1.64. The van der Waals surface area contributed by atoms with Gasteiger partial charge in [-0.2, -0.15) is 0 Å². The Morgan fingerprint density at radius 2 is 2.00 bits per heavy atom. The molecule has 0 saturated heterocycles. The first-order chi connectivity index (χ1) is 12.2. The summed E-state index contributed by atoms with van der Waals surface area (Å²) in [4.78, 5) is 26.1. The van der Waals surface area contributed by atoms with Gasteiger partial charge in [-0.15, -0.1) is 0 Å². The van der Waals surface area contributed by atoms with Crippen LogP contribution in [0.5, 0.6) is 0 Å². The maximum atomic E-state index is 13.1. The first-order valence-electron chi connectivity index (χ1n) is 10.1. The molecule has 4 aliphatic carbocycles. The average Bonchev–Trinajstić information content (AvgIpc) is 2.59. The Morgan fingerprint density at radius 3 is 2.69 bits per heavy atom. The molecule has 4 aliphatic rings. The van der Waals surface area contributed by atoms with Crippen molar-refractivity contribution in [3.05, 3.63) is 35.1 Å². The van der Waals surface area contributed by atoms with Crippen molar-refractivity contribution < 1.29 is 14.3 Å². The van der Waals surface area contributed by atoms with Crippen LogP contribution in [-0.4, -0.2) is 18.2 Å². The van der Waals surface area contributed by atoms with Crippen molar-refractivity contribution in [2.75, 3.05) is 6.61 Å². The number of ether oxygens (including phenoxy) is 1. The summed E-state index contributed by atoms with van der Waals surface area (Å²) in [5.41, 5.74) is 3.00.